The summed E-state index contributed by atoms with van der Waals surface area (Å²) in [6, 6.07) is 3.91. The van der Waals surface area contributed by atoms with E-state index in [1.807, 2.05) is 60.9 Å². The van der Waals surface area contributed by atoms with Crippen LogP contribution in [0.2, 0.25) is 0 Å². The van der Waals surface area contributed by atoms with Crippen molar-refractivity contribution in [3.05, 3.63) is 72.6 Å². The predicted octanol–water partition coefficient (Wildman–Crippen LogP) is 3.14. The van der Waals surface area contributed by atoms with E-state index >= 15 is 0 Å². The highest BCUT2D eigenvalue weighted by atomic mass is 16.3. The van der Waals surface area contributed by atoms with Gasteiger partial charge in [0.15, 0.2) is 0 Å². The van der Waals surface area contributed by atoms with Gasteiger partial charge in [0.25, 0.3) is 0 Å². The van der Waals surface area contributed by atoms with Gasteiger partial charge in [0.2, 0.25) is 0 Å². The average molecular weight is 227 g/mol. The Morgan fingerprint density at radius 2 is 1.82 bits per heavy atom. The summed E-state index contributed by atoms with van der Waals surface area (Å²) in [5, 5.41) is 8.96. The fraction of sp³-hybridized carbons (Fsp3) is 0.133. The highest BCUT2D eigenvalue weighted by Gasteiger charge is 1.81. The first kappa shape index (κ1) is 13.1. The highest BCUT2D eigenvalue weighted by molar-refractivity contribution is 5.49. The summed E-state index contributed by atoms with van der Waals surface area (Å²) in [6.07, 6.45) is 18.3. The van der Waals surface area contributed by atoms with Crippen molar-refractivity contribution in [1.29, 1.82) is 0 Å². The van der Waals surface area contributed by atoms with Gasteiger partial charge >= 0.3 is 0 Å². The molecule has 1 atom stereocenters. The lowest BCUT2D eigenvalue weighted by atomic mass is 10.2. The summed E-state index contributed by atoms with van der Waals surface area (Å²) >= 11 is 0. The first-order valence-corrected chi connectivity index (χ1v) is 5.55. The maximum Gasteiger partial charge on any atom is 0.0695 e. The smallest absolute Gasteiger partial charge is 0.0695 e. The number of aliphatic hydroxyl groups excluding tert-OH is 1. The molecule has 0 aliphatic heterocycles. The molecule has 0 amide bonds. The molecular formula is C15H17NO. The number of aliphatic hydroxyl groups is 1. The number of pyridine rings is 1. The maximum absolute atomic E-state index is 8.96. The Balaban J connectivity index is 2.33. The molecule has 2 heteroatoms. The normalized spacial score (nSPS) is 14.5. The van der Waals surface area contributed by atoms with Crippen molar-refractivity contribution < 1.29 is 5.11 Å². The lowest BCUT2D eigenvalue weighted by Gasteiger charge is -1.88. The van der Waals surface area contributed by atoms with Crippen LogP contribution in [0, 0.1) is 0 Å². The van der Waals surface area contributed by atoms with Crippen LogP contribution in [0.25, 0.3) is 6.08 Å². The standard InChI is InChI=1S/C15H17NO/c1-14(17)9-6-4-2-3-5-7-10-15-11-8-12-16-13-15/h2-14,17H,1H3/b4-2+,5-3+,9-6+,10-7+. The molecule has 0 fully saturated rings. The number of rotatable bonds is 5. The topological polar surface area (TPSA) is 33.1 Å². The largest absolute Gasteiger partial charge is 0.389 e. The van der Waals surface area contributed by atoms with Gasteiger partial charge in [-0.1, -0.05) is 54.7 Å². The minimum Gasteiger partial charge on any atom is -0.389 e. The van der Waals surface area contributed by atoms with Crippen molar-refractivity contribution >= 4 is 6.08 Å². The molecule has 0 saturated heterocycles. The molecule has 0 aromatic carbocycles. The second kappa shape index (κ2) is 8.25. The van der Waals surface area contributed by atoms with Gasteiger partial charge < -0.3 is 5.11 Å². The third-order valence-electron chi connectivity index (χ3n) is 1.92. The summed E-state index contributed by atoms with van der Waals surface area (Å²) in [4.78, 5) is 4.02. The Bertz CT molecular complexity index is 414. The lowest BCUT2D eigenvalue weighted by molar-refractivity contribution is 0.244. The summed E-state index contributed by atoms with van der Waals surface area (Å²) in [7, 11) is 0. The number of aromatic nitrogens is 1. The molecule has 1 aromatic rings. The molecule has 1 N–H and O–H groups in total. The van der Waals surface area contributed by atoms with Crippen molar-refractivity contribution in [1.82, 2.24) is 4.98 Å². The Labute approximate surface area is 102 Å². The molecule has 2 nitrogen and oxygen atoms in total. The Morgan fingerprint density at radius 3 is 2.47 bits per heavy atom. The van der Waals surface area contributed by atoms with E-state index in [-0.39, 0.29) is 0 Å². The van der Waals surface area contributed by atoms with Gasteiger partial charge in [-0.2, -0.15) is 0 Å². The number of nitrogens with zero attached hydrogens (tertiary/aromatic N) is 1. The van der Waals surface area contributed by atoms with Gasteiger partial charge in [0.05, 0.1) is 6.10 Å². The molecule has 0 aliphatic rings. The van der Waals surface area contributed by atoms with E-state index < -0.39 is 6.10 Å². The van der Waals surface area contributed by atoms with Crippen LogP contribution in [0.3, 0.4) is 0 Å². The zero-order chi connectivity index (χ0) is 12.3. The van der Waals surface area contributed by atoms with E-state index in [2.05, 4.69) is 4.98 Å². The van der Waals surface area contributed by atoms with Crippen LogP contribution in [0.5, 0.6) is 0 Å². The van der Waals surface area contributed by atoms with Crippen LogP contribution in [-0.4, -0.2) is 16.2 Å². The van der Waals surface area contributed by atoms with Gasteiger partial charge in [-0.15, -0.1) is 0 Å². The third kappa shape index (κ3) is 7.03. The van der Waals surface area contributed by atoms with E-state index in [1.54, 1.807) is 19.2 Å². The van der Waals surface area contributed by atoms with Gasteiger partial charge in [-0.25, -0.2) is 0 Å². The molecule has 88 valence electrons. The van der Waals surface area contributed by atoms with Crippen molar-refractivity contribution in [2.45, 2.75) is 13.0 Å². The Hall–Kier alpha value is -1.93. The molecular weight excluding hydrogens is 210 g/mol. The molecule has 1 rings (SSSR count). The fourth-order valence-electron chi connectivity index (χ4n) is 1.12. The predicted molar refractivity (Wildman–Crippen MR) is 72.4 cm³/mol. The average Bonchev–Trinajstić information content (AvgIpc) is 2.33. The van der Waals surface area contributed by atoms with Crippen molar-refractivity contribution in [3.8, 4) is 0 Å². The number of hydrogen-bond acceptors (Lipinski definition) is 2. The van der Waals surface area contributed by atoms with E-state index in [4.69, 9.17) is 5.11 Å². The summed E-state index contributed by atoms with van der Waals surface area (Å²) < 4.78 is 0. The van der Waals surface area contributed by atoms with Crippen LogP contribution in [0.15, 0.2) is 67.1 Å². The first-order chi connectivity index (χ1) is 8.29. The monoisotopic (exact) mass is 227 g/mol. The number of allylic oxidation sites excluding steroid dienone is 6. The lowest BCUT2D eigenvalue weighted by Crippen LogP contribution is -1.90. The zero-order valence-corrected chi connectivity index (χ0v) is 9.90. The minimum atomic E-state index is -0.394. The third-order valence-corrected chi connectivity index (χ3v) is 1.92. The van der Waals surface area contributed by atoms with Crippen molar-refractivity contribution in [3.63, 3.8) is 0 Å². The van der Waals surface area contributed by atoms with Gasteiger partial charge in [0.1, 0.15) is 0 Å². The zero-order valence-electron chi connectivity index (χ0n) is 9.90. The fourth-order valence-corrected chi connectivity index (χ4v) is 1.12. The maximum atomic E-state index is 8.96. The second-order valence-corrected chi connectivity index (χ2v) is 3.54. The molecule has 0 saturated carbocycles. The molecule has 0 bridgehead atoms. The Kier molecular flexibility index (Phi) is 6.37. The Morgan fingerprint density at radius 1 is 1.12 bits per heavy atom. The van der Waals surface area contributed by atoms with Crippen LogP contribution < -0.4 is 0 Å². The highest BCUT2D eigenvalue weighted by Crippen LogP contribution is 1.98. The van der Waals surface area contributed by atoms with Gasteiger partial charge in [0, 0.05) is 12.4 Å². The van der Waals surface area contributed by atoms with Gasteiger partial charge in [-0.3, -0.25) is 4.98 Å². The van der Waals surface area contributed by atoms with E-state index in [9.17, 15) is 0 Å². The summed E-state index contributed by atoms with van der Waals surface area (Å²) in [5.41, 5.74) is 1.08. The van der Waals surface area contributed by atoms with E-state index in [0.29, 0.717) is 0 Å². The van der Waals surface area contributed by atoms with Crippen LogP contribution in [0.4, 0.5) is 0 Å². The molecule has 1 aromatic heterocycles. The van der Waals surface area contributed by atoms with Crippen LogP contribution >= 0.6 is 0 Å². The summed E-state index contributed by atoms with van der Waals surface area (Å²) in [5.74, 6) is 0. The molecule has 1 heterocycles. The molecule has 0 spiro atoms. The molecule has 0 radical (unpaired) electrons. The molecule has 0 aliphatic carbocycles. The molecule has 17 heavy (non-hydrogen) atoms. The quantitative estimate of drug-likeness (QED) is 0.784. The molecule has 1 unspecified atom stereocenters. The first-order valence-electron chi connectivity index (χ1n) is 5.55. The van der Waals surface area contributed by atoms with E-state index in [1.165, 1.54) is 0 Å². The minimum absolute atomic E-state index is 0.394. The summed E-state index contributed by atoms with van der Waals surface area (Å²) in [6.45, 7) is 1.72. The number of hydrogen-bond donors (Lipinski definition) is 1. The van der Waals surface area contributed by atoms with Crippen LogP contribution in [-0.2, 0) is 0 Å². The SMILES string of the molecule is CC(O)/C=C/C=C/C=C/C=C/c1cccnc1. The van der Waals surface area contributed by atoms with E-state index in [0.717, 1.165) is 5.56 Å². The van der Waals surface area contributed by atoms with Crippen molar-refractivity contribution in [2.75, 3.05) is 0 Å². The van der Waals surface area contributed by atoms with Gasteiger partial charge in [-0.05, 0) is 18.6 Å². The van der Waals surface area contributed by atoms with Crippen LogP contribution in [0.1, 0.15) is 12.5 Å². The van der Waals surface area contributed by atoms with Crippen molar-refractivity contribution in [2.24, 2.45) is 0 Å². The second-order valence-electron chi connectivity index (χ2n) is 3.54.